The Bertz CT molecular complexity index is 413. The maximum Gasteiger partial charge on any atom is 0.239 e. The minimum absolute atomic E-state index is 0.599. The molecule has 2 aliphatic rings. The zero-order valence-electron chi connectivity index (χ0n) is 10.2. The number of pyridine rings is 1. The summed E-state index contributed by atoms with van der Waals surface area (Å²) < 4.78 is 5.69. The van der Waals surface area contributed by atoms with Gasteiger partial charge in [0.15, 0.2) is 0 Å². The van der Waals surface area contributed by atoms with Gasteiger partial charge in [-0.15, -0.1) is 0 Å². The normalized spacial score (nSPS) is 19.1. The van der Waals surface area contributed by atoms with Crippen LogP contribution in [0.4, 0.5) is 11.5 Å². The number of aromatic nitrogens is 1. The average molecular weight is 233 g/mol. The molecule has 1 aromatic rings. The topological polar surface area (TPSA) is 51.4 Å². The molecule has 0 aromatic carbocycles. The van der Waals surface area contributed by atoms with Crippen LogP contribution in [-0.2, 0) is 0 Å². The van der Waals surface area contributed by atoms with E-state index in [1.807, 2.05) is 12.1 Å². The van der Waals surface area contributed by atoms with Crippen LogP contribution in [0.25, 0.3) is 0 Å². The van der Waals surface area contributed by atoms with Gasteiger partial charge in [-0.05, 0) is 43.7 Å². The Kier molecular flexibility index (Phi) is 2.57. The number of rotatable bonds is 5. The zero-order chi connectivity index (χ0) is 11.8. The number of hydrogen-bond acceptors (Lipinski definition) is 4. The molecule has 2 saturated carbocycles. The van der Waals surface area contributed by atoms with E-state index in [0.717, 1.165) is 18.3 Å². The fraction of sp³-hybridized carbons (Fsp3) is 0.615. The predicted octanol–water partition coefficient (Wildman–Crippen LogP) is 2.05. The highest BCUT2D eigenvalue weighted by Crippen LogP contribution is 2.33. The minimum Gasteiger partial charge on any atom is -0.476 e. The van der Waals surface area contributed by atoms with E-state index in [9.17, 15) is 0 Å². The maximum absolute atomic E-state index is 5.88. The standard InChI is InChI=1S/C13H19N3O/c1-16(10-4-5-10)12-7-6-11(14)13(15-12)17-8-9-2-3-9/h6-7,9-10H,2-5,8,14H2,1H3. The van der Waals surface area contributed by atoms with E-state index in [1.165, 1.54) is 25.7 Å². The fourth-order valence-electron chi connectivity index (χ4n) is 1.88. The van der Waals surface area contributed by atoms with Crippen LogP contribution >= 0.6 is 0 Å². The van der Waals surface area contributed by atoms with E-state index in [4.69, 9.17) is 10.5 Å². The molecule has 0 spiro atoms. The summed E-state index contributed by atoms with van der Waals surface area (Å²) in [4.78, 5) is 6.72. The summed E-state index contributed by atoms with van der Waals surface area (Å²) in [5.41, 5.74) is 6.52. The van der Waals surface area contributed by atoms with E-state index in [1.54, 1.807) is 0 Å². The quantitative estimate of drug-likeness (QED) is 0.845. The molecule has 2 fully saturated rings. The fourth-order valence-corrected chi connectivity index (χ4v) is 1.88. The molecule has 0 amide bonds. The molecule has 4 heteroatoms. The van der Waals surface area contributed by atoms with Crippen molar-refractivity contribution < 1.29 is 4.74 Å². The lowest BCUT2D eigenvalue weighted by Gasteiger charge is -2.18. The summed E-state index contributed by atoms with van der Waals surface area (Å²) in [6.07, 6.45) is 5.09. The lowest BCUT2D eigenvalue weighted by Crippen LogP contribution is -2.21. The van der Waals surface area contributed by atoms with Crippen molar-refractivity contribution in [2.24, 2.45) is 5.92 Å². The molecule has 0 aliphatic heterocycles. The third-order valence-electron chi connectivity index (χ3n) is 3.48. The Hall–Kier alpha value is -1.45. The maximum atomic E-state index is 5.88. The summed E-state index contributed by atoms with van der Waals surface area (Å²) in [5.74, 6) is 2.29. The Balaban J connectivity index is 1.72. The molecule has 2 aliphatic carbocycles. The number of hydrogen-bond donors (Lipinski definition) is 1. The molecule has 1 heterocycles. The van der Waals surface area contributed by atoms with Gasteiger partial charge in [-0.2, -0.15) is 4.98 Å². The summed E-state index contributed by atoms with van der Waals surface area (Å²) in [6.45, 7) is 0.758. The van der Waals surface area contributed by atoms with Crippen molar-refractivity contribution in [1.82, 2.24) is 4.98 Å². The van der Waals surface area contributed by atoms with E-state index in [-0.39, 0.29) is 0 Å². The smallest absolute Gasteiger partial charge is 0.239 e. The van der Waals surface area contributed by atoms with Crippen LogP contribution in [0.5, 0.6) is 5.88 Å². The van der Waals surface area contributed by atoms with Gasteiger partial charge in [0.25, 0.3) is 0 Å². The van der Waals surface area contributed by atoms with Gasteiger partial charge in [-0.1, -0.05) is 0 Å². The first kappa shape index (κ1) is 10.7. The molecule has 17 heavy (non-hydrogen) atoms. The van der Waals surface area contributed by atoms with Gasteiger partial charge in [0.05, 0.1) is 12.3 Å². The van der Waals surface area contributed by atoms with Crippen molar-refractivity contribution in [1.29, 1.82) is 0 Å². The molecule has 0 unspecified atom stereocenters. The monoisotopic (exact) mass is 233 g/mol. The van der Waals surface area contributed by atoms with Crippen LogP contribution in [0.3, 0.4) is 0 Å². The van der Waals surface area contributed by atoms with Gasteiger partial charge in [-0.3, -0.25) is 0 Å². The van der Waals surface area contributed by atoms with Gasteiger partial charge < -0.3 is 15.4 Å². The summed E-state index contributed by atoms with van der Waals surface area (Å²) >= 11 is 0. The molecule has 0 radical (unpaired) electrons. The van der Waals surface area contributed by atoms with Crippen molar-refractivity contribution in [2.75, 3.05) is 24.3 Å². The van der Waals surface area contributed by atoms with E-state index in [0.29, 0.717) is 17.6 Å². The van der Waals surface area contributed by atoms with Crippen LogP contribution in [0, 0.1) is 5.92 Å². The Morgan fingerprint density at radius 2 is 2.12 bits per heavy atom. The lowest BCUT2D eigenvalue weighted by atomic mass is 10.3. The Labute approximate surface area is 102 Å². The van der Waals surface area contributed by atoms with Crippen molar-refractivity contribution in [2.45, 2.75) is 31.7 Å². The first-order valence-electron chi connectivity index (χ1n) is 6.36. The van der Waals surface area contributed by atoms with E-state index in [2.05, 4.69) is 16.9 Å². The minimum atomic E-state index is 0.599. The number of ether oxygens (including phenoxy) is 1. The van der Waals surface area contributed by atoms with Crippen molar-refractivity contribution in [3.8, 4) is 5.88 Å². The molecule has 0 bridgehead atoms. The second-order valence-corrected chi connectivity index (χ2v) is 5.16. The highest BCUT2D eigenvalue weighted by Gasteiger charge is 2.28. The second kappa shape index (κ2) is 4.09. The molecular formula is C13H19N3O. The van der Waals surface area contributed by atoms with Crippen LogP contribution in [0.15, 0.2) is 12.1 Å². The molecule has 0 atom stereocenters. The molecule has 0 saturated heterocycles. The van der Waals surface area contributed by atoms with Gasteiger partial charge in [-0.25, -0.2) is 0 Å². The second-order valence-electron chi connectivity index (χ2n) is 5.16. The van der Waals surface area contributed by atoms with Crippen LogP contribution < -0.4 is 15.4 Å². The summed E-state index contributed by atoms with van der Waals surface area (Å²) in [5, 5.41) is 0. The van der Waals surface area contributed by atoms with Crippen molar-refractivity contribution in [3.63, 3.8) is 0 Å². The third-order valence-corrected chi connectivity index (χ3v) is 3.48. The molecule has 3 rings (SSSR count). The van der Waals surface area contributed by atoms with Crippen LogP contribution in [-0.4, -0.2) is 24.7 Å². The summed E-state index contributed by atoms with van der Waals surface area (Å²) in [6, 6.07) is 4.52. The van der Waals surface area contributed by atoms with Crippen LogP contribution in [0.2, 0.25) is 0 Å². The largest absolute Gasteiger partial charge is 0.476 e. The molecular weight excluding hydrogens is 214 g/mol. The van der Waals surface area contributed by atoms with E-state index >= 15 is 0 Å². The van der Waals surface area contributed by atoms with Gasteiger partial charge in [0, 0.05) is 13.1 Å². The van der Waals surface area contributed by atoms with E-state index < -0.39 is 0 Å². The lowest BCUT2D eigenvalue weighted by molar-refractivity contribution is 0.290. The first-order valence-corrected chi connectivity index (χ1v) is 6.36. The van der Waals surface area contributed by atoms with Gasteiger partial charge in [0.1, 0.15) is 5.82 Å². The number of nitrogens with two attached hydrogens (primary N) is 1. The Morgan fingerprint density at radius 3 is 2.76 bits per heavy atom. The SMILES string of the molecule is CN(c1ccc(N)c(OCC2CC2)n1)C1CC1. The van der Waals surface area contributed by atoms with Gasteiger partial charge >= 0.3 is 0 Å². The van der Waals surface area contributed by atoms with Crippen LogP contribution in [0.1, 0.15) is 25.7 Å². The third kappa shape index (κ3) is 2.46. The van der Waals surface area contributed by atoms with Crippen molar-refractivity contribution in [3.05, 3.63) is 12.1 Å². The highest BCUT2D eigenvalue weighted by atomic mass is 16.5. The molecule has 1 aromatic heterocycles. The average Bonchev–Trinajstić information content (AvgIpc) is 3.18. The number of anilines is 2. The zero-order valence-corrected chi connectivity index (χ0v) is 10.2. The van der Waals surface area contributed by atoms with Crippen molar-refractivity contribution >= 4 is 11.5 Å². The predicted molar refractivity (Wildman–Crippen MR) is 68.3 cm³/mol. The molecule has 2 N–H and O–H groups in total. The number of nitrogen functional groups attached to an aromatic ring is 1. The summed E-state index contributed by atoms with van der Waals surface area (Å²) in [7, 11) is 2.08. The molecule has 92 valence electrons. The molecule has 4 nitrogen and oxygen atoms in total. The van der Waals surface area contributed by atoms with Gasteiger partial charge in [0.2, 0.25) is 5.88 Å². The highest BCUT2D eigenvalue weighted by molar-refractivity contribution is 5.55. The first-order chi connectivity index (χ1) is 8.24. The number of nitrogens with zero attached hydrogens (tertiary/aromatic N) is 2. The Morgan fingerprint density at radius 1 is 1.35 bits per heavy atom.